The Morgan fingerprint density at radius 1 is 1.58 bits per heavy atom. The van der Waals surface area contributed by atoms with E-state index in [1.54, 1.807) is 6.08 Å². The van der Waals surface area contributed by atoms with Gasteiger partial charge in [0.2, 0.25) is 0 Å². The van der Waals surface area contributed by atoms with Gasteiger partial charge in [0.25, 0.3) is 0 Å². The molecule has 0 atom stereocenters. The average molecular weight is 167 g/mol. The van der Waals surface area contributed by atoms with Gasteiger partial charge in [0, 0.05) is 0 Å². The fourth-order valence-corrected chi connectivity index (χ4v) is 0.515. The molecular weight excluding hydrogens is 154 g/mol. The number of primary amides is 1. The van der Waals surface area contributed by atoms with Gasteiger partial charge in [-0.05, 0) is 12.5 Å². The summed E-state index contributed by atoms with van der Waals surface area (Å²) in [7, 11) is 0. The minimum absolute atomic E-state index is 0.142. The lowest BCUT2D eigenvalue weighted by Gasteiger charge is -1.98. The molecule has 0 saturated heterocycles. The summed E-state index contributed by atoms with van der Waals surface area (Å²) < 4.78 is 4.50. The Morgan fingerprint density at radius 2 is 2.25 bits per heavy atom. The van der Waals surface area contributed by atoms with Crippen LogP contribution >= 0.6 is 0 Å². The van der Waals surface area contributed by atoms with Crippen molar-refractivity contribution in [1.29, 1.82) is 0 Å². The molecule has 0 bridgehead atoms. The number of hydrogen-bond donors (Lipinski definition) is 1. The third kappa shape index (κ3) is 6.61. The van der Waals surface area contributed by atoms with Crippen molar-refractivity contribution in [2.45, 2.75) is 6.92 Å². The molecule has 0 heterocycles. The molecule has 0 aliphatic heterocycles. The third-order valence-electron chi connectivity index (χ3n) is 1.04. The smallest absolute Gasteiger partial charge is 0.404 e. The molecule has 0 saturated carbocycles. The first-order valence-corrected chi connectivity index (χ1v) is 3.56. The number of rotatable bonds is 4. The van der Waals surface area contributed by atoms with E-state index in [2.05, 4.69) is 11.3 Å². The molecule has 0 unspecified atom stereocenters. The fraction of sp³-hybridized carbons (Fsp3) is 0.222. The first-order chi connectivity index (χ1) is 5.66. The quantitative estimate of drug-likeness (QED) is 0.649. The van der Waals surface area contributed by atoms with Crippen LogP contribution in [0.25, 0.3) is 0 Å². The summed E-state index contributed by atoms with van der Waals surface area (Å²) in [6.07, 6.45) is 6.53. The summed E-state index contributed by atoms with van der Waals surface area (Å²) in [6.45, 7) is 5.70. The highest BCUT2D eigenvalue weighted by Crippen LogP contribution is 1.94. The van der Waals surface area contributed by atoms with Crippen molar-refractivity contribution in [3.05, 3.63) is 36.5 Å². The minimum atomic E-state index is -0.782. The molecule has 0 aromatic rings. The molecule has 0 aliphatic carbocycles. The van der Waals surface area contributed by atoms with Gasteiger partial charge >= 0.3 is 6.09 Å². The standard InChI is InChI=1S/C9H13NO2/c1-3-4-5-6-8(2)7-12-9(10)11/h3-6H,2,7H2,1H3,(H2,10,11)/b4-3-,6-5-. The molecule has 0 radical (unpaired) electrons. The van der Waals surface area contributed by atoms with Gasteiger partial charge in [0.1, 0.15) is 6.61 Å². The van der Waals surface area contributed by atoms with Gasteiger partial charge in [0.05, 0.1) is 0 Å². The minimum Gasteiger partial charge on any atom is -0.445 e. The van der Waals surface area contributed by atoms with E-state index in [9.17, 15) is 4.79 Å². The first kappa shape index (κ1) is 10.5. The largest absolute Gasteiger partial charge is 0.445 e. The average Bonchev–Trinajstić information content (AvgIpc) is 2.01. The van der Waals surface area contributed by atoms with E-state index >= 15 is 0 Å². The Hall–Kier alpha value is -1.51. The molecule has 12 heavy (non-hydrogen) atoms. The monoisotopic (exact) mass is 167 g/mol. The summed E-state index contributed by atoms with van der Waals surface area (Å²) in [5, 5.41) is 0. The highest BCUT2D eigenvalue weighted by atomic mass is 16.5. The van der Waals surface area contributed by atoms with Crippen LogP contribution < -0.4 is 5.73 Å². The van der Waals surface area contributed by atoms with Crippen LogP contribution in [0.1, 0.15) is 6.92 Å². The zero-order valence-corrected chi connectivity index (χ0v) is 7.12. The van der Waals surface area contributed by atoms with Gasteiger partial charge < -0.3 is 10.5 Å². The molecule has 0 aromatic heterocycles. The molecule has 0 spiro atoms. The highest BCUT2D eigenvalue weighted by Gasteiger charge is 1.92. The summed E-state index contributed by atoms with van der Waals surface area (Å²) in [5.41, 5.74) is 5.46. The van der Waals surface area contributed by atoms with Gasteiger partial charge in [-0.15, -0.1) is 0 Å². The van der Waals surface area contributed by atoms with E-state index in [1.807, 2.05) is 25.2 Å². The second-order valence-corrected chi connectivity index (χ2v) is 2.15. The van der Waals surface area contributed by atoms with Crippen molar-refractivity contribution >= 4 is 6.09 Å². The lowest BCUT2D eigenvalue weighted by molar-refractivity contribution is 0.167. The summed E-state index contributed by atoms with van der Waals surface area (Å²) in [6, 6.07) is 0. The highest BCUT2D eigenvalue weighted by molar-refractivity contribution is 5.64. The van der Waals surface area contributed by atoms with Gasteiger partial charge in [-0.25, -0.2) is 4.79 Å². The van der Waals surface area contributed by atoms with Crippen LogP contribution in [0.2, 0.25) is 0 Å². The topological polar surface area (TPSA) is 52.3 Å². The van der Waals surface area contributed by atoms with Crippen LogP contribution in [-0.4, -0.2) is 12.7 Å². The lowest BCUT2D eigenvalue weighted by atomic mass is 10.3. The fourth-order valence-electron chi connectivity index (χ4n) is 0.515. The normalized spacial score (nSPS) is 10.8. The van der Waals surface area contributed by atoms with Crippen LogP contribution in [0, 0.1) is 0 Å². The molecule has 1 amide bonds. The molecule has 2 N–H and O–H groups in total. The first-order valence-electron chi connectivity index (χ1n) is 3.56. The Balaban J connectivity index is 3.67. The van der Waals surface area contributed by atoms with Crippen LogP contribution in [-0.2, 0) is 4.74 Å². The van der Waals surface area contributed by atoms with E-state index in [0.717, 1.165) is 0 Å². The van der Waals surface area contributed by atoms with E-state index in [-0.39, 0.29) is 6.61 Å². The maximum Gasteiger partial charge on any atom is 0.404 e. The molecule has 66 valence electrons. The Bertz CT molecular complexity index is 217. The van der Waals surface area contributed by atoms with Gasteiger partial charge in [-0.2, -0.15) is 0 Å². The van der Waals surface area contributed by atoms with E-state index < -0.39 is 6.09 Å². The maximum absolute atomic E-state index is 10.2. The van der Waals surface area contributed by atoms with Crippen molar-refractivity contribution in [3.8, 4) is 0 Å². The van der Waals surface area contributed by atoms with Crippen LogP contribution in [0.5, 0.6) is 0 Å². The number of allylic oxidation sites excluding steroid dienone is 3. The van der Waals surface area contributed by atoms with E-state index in [4.69, 9.17) is 5.73 Å². The molecule has 0 aliphatic rings. The molecular formula is C9H13NO2. The van der Waals surface area contributed by atoms with Crippen LogP contribution in [0.3, 0.4) is 0 Å². The summed E-state index contributed by atoms with van der Waals surface area (Å²) in [5.74, 6) is 0. The molecule has 0 aromatic carbocycles. The SMILES string of the molecule is C=C(/C=C\C=C/C)COC(N)=O. The van der Waals surface area contributed by atoms with E-state index in [1.165, 1.54) is 0 Å². The Kier molecular flexibility index (Phi) is 5.43. The molecule has 0 fully saturated rings. The second-order valence-electron chi connectivity index (χ2n) is 2.15. The van der Waals surface area contributed by atoms with Gasteiger partial charge in [0.15, 0.2) is 0 Å². The zero-order valence-electron chi connectivity index (χ0n) is 7.12. The number of amides is 1. The van der Waals surface area contributed by atoms with Crippen molar-refractivity contribution in [3.63, 3.8) is 0 Å². The molecule has 0 rings (SSSR count). The van der Waals surface area contributed by atoms with Crippen LogP contribution in [0.15, 0.2) is 36.5 Å². The van der Waals surface area contributed by atoms with Crippen molar-refractivity contribution in [2.24, 2.45) is 5.73 Å². The van der Waals surface area contributed by atoms with Crippen molar-refractivity contribution in [1.82, 2.24) is 0 Å². The number of carbonyl (C=O) groups is 1. The lowest BCUT2D eigenvalue weighted by Crippen LogP contribution is -2.13. The Labute approximate surface area is 72.2 Å². The predicted molar refractivity (Wildman–Crippen MR) is 48.6 cm³/mol. The van der Waals surface area contributed by atoms with Crippen molar-refractivity contribution < 1.29 is 9.53 Å². The van der Waals surface area contributed by atoms with E-state index in [0.29, 0.717) is 5.57 Å². The Morgan fingerprint density at radius 3 is 2.75 bits per heavy atom. The third-order valence-corrected chi connectivity index (χ3v) is 1.04. The number of nitrogens with two attached hydrogens (primary N) is 1. The van der Waals surface area contributed by atoms with Gasteiger partial charge in [-0.3, -0.25) is 0 Å². The molecule has 3 nitrogen and oxygen atoms in total. The van der Waals surface area contributed by atoms with Crippen LogP contribution in [0.4, 0.5) is 4.79 Å². The van der Waals surface area contributed by atoms with Gasteiger partial charge in [-0.1, -0.05) is 30.9 Å². The van der Waals surface area contributed by atoms with Crippen molar-refractivity contribution in [2.75, 3.05) is 6.61 Å². The number of hydrogen-bond acceptors (Lipinski definition) is 2. The number of ether oxygens (including phenoxy) is 1. The summed E-state index contributed by atoms with van der Waals surface area (Å²) >= 11 is 0. The zero-order chi connectivity index (χ0) is 9.40. The molecule has 3 heteroatoms. The second kappa shape index (κ2) is 6.22. The predicted octanol–water partition coefficient (Wildman–Crippen LogP) is 1.77. The number of carbonyl (C=O) groups excluding carboxylic acids is 1. The summed E-state index contributed by atoms with van der Waals surface area (Å²) in [4.78, 5) is 10.2. The maximum atomic E-state index is 10.2.